The van der Waals surface area contributed by atoms with E-state index in [1.54, 1.807) is 41.8 Å². The molecule has 5 heteroatoms. The Kier molecular flexibility index (Phi) is 3.50. The minimum absolute atomic E-state index is 0.275. The monoisotopic (exact) mass is 296 g/mol. The van der Waals surface area contributed by atoms with Gasteiger partial charge in [0.2, 0.25) is 0 Å². The van der Waals surface area contributed by atoms with E-state index in [1.807, 2.05) is 24.6 Å². The molecular weight excluding hydrogens is 284 g/mol. The largest absolute Gasteiger partial charge is 0.478 e. The van der Waals surface area contributed by atoms with Crippen molar-refractivity contribution in [1.29, 1.82) is 0 Å². The molecule has 0 aliphatic carbocycles. The summed E-state index contributed by atoms with van der Waals surface area (Å²) >= 11 is 1.55. The summed E-state index contributed by atoms with van der Waals surface area (Å²) in [6.07, 6.45) is 3.57. The van der Waals surface area contributed by atoms with Gasteiger partial charge < -0.3 is 5.11 Å². The average Bonchev–Trinajstić information content (AvgIpc) is 2.97. The Morgan fingerprint density at radius 3 is 2.62 bits per heavy atom. The summed E-state index contributed by atoms with van der Waals surface area (Å²) in [5.41, 5.74) is 4.18. The van der Waals surface area contributed by atoms with E-state index in [-0.39, 0.29) is 5.56 Å². The second-order valence-corrected chi connectivity index (χ2v) is 5.47. The smallest absolute Gasteiger partial charge is 0.335 e. The maximum Gasteiger partial charge on any atom is 0.335 e. The van der Waals surface area contributed by atoms with Crippen LogP contribution in [-0.4, -0.2) is 21.0 Å². The van der Waals surface area contributed by atoms with Crippen molar-refractivity contribution in [3.63, 3.8) is 0 Å². The third-order valence-corrected chi connectivity index (χ3v) is 4.08. The molecule has 0 unspecified atom stereocenters. The van der Waals surface area contributed by atoms with E-state index in [2.05, 4.69) is 9.97 Å². The zero-order valence-electron chi connectivity index (χ0n) is 11.3. The molecular formula is C16H12N2O2S. The van der Waals surface area contributed by atoms with E-state index in [9.17, 15) is 4.79 Å². The van der Waals surface area contributed by atoms with Crippen LogP contribution in [0.25, 0.3) is 21.8 Å². The quantitative estimate of drug-likeness (QED) is 0.796. The number of rotatable bonds is 3. The number of aryl methyl sites for hydroxylation is 1. The van der Waals surface area contributed by atoms with E-state index >= 15 is 0 Å². The maximum absolute atomic E-state index is 10.9. The van der Waals surface area contributed by atoms with Gasteiger partial charge in [0, 0.05) is 28.9 Å². The average molecular weight is 296 g/mol. The Bertz CT molecular complexity index is 794. The normalized spacial score (nSPS) is 10.5. The molecule has 0 atom stereocenters. The Morgan fingerprint density at radius 2 is 1.95 bits per heavy atom. The molecule has 104 valence electrons. The predicted molar refractivity (Wildman–Crippen MR) is 82.5 cm³/mol. The number of benzene rings is 1. The molecule has 0 saturated carbocycles. The number of carboxylic acids is 1. The molecule has 2 aromatic heterocycles. The van der Waals surface area contributed by atoms with Gasteiger partial charge in [-0.1, -0.05) is 12.1 Å². The number of pyridine rings is 1. The lowest BCUT2D eigenvalue weighted by Crippen LogP contribution is -1.94. The van der Waals surface area contributed by atoms with E-state index in [0.29, 0.717) is 0 Å². The van der Waals surface area contributed by atoms with E-state index in [4.69, 9.17) is 5.11 Å². The Hall–Kier alpha value is -2.53. The molecule has 0 amide bonds. The van der Waals surface area contributed by atoms with Gasteiger partial charge in [0.05, 0.1) is 11.3 Å². The molecule has 0 bridgehead atoms. The molecule has 21 heavy (non-hydrogen) atoms. The van der Waals surface area contributed by atoms with Crippen LogP contribution in [0, 0.1) is 6.92 Å². The first-order chi connectivity index (χ1) is 10.1. The third kappa shape index (κ3) is 2.68. The van der Waals surface area contributed by atoms with Crippen LogP contribution in [0.15, 0.2) is 48.1 Å². The van der Waals surface area contributed by atoms with E-state index in [0.717, 1.165) is 27.4 Å². The van der Waals surface area contributed by atoms with Gasteiger partial charge >= 0.3 is 5.97 Å². The van der Waals surface area contributed by atoms with Gasteiger partial charge in [0.15, 0.2) is 0 Å². The minimum Gasteiger partial charge on any atom is -0.478 e. The van der Waals surface area contributed by atoms with Crippen molar-refractivity contribution in [2.75, 3.05) is 0 Å². The molecule has 3 rings (SSSR count). The van der Waals surface area contributed by atoms with Crippen molar-refractivity contribution in [3.8, 4) is 21.8 Å². The number of aromatic nitrogens is 2. The van der Waals surface area contributed by atoms with Crippen LogP contribution in [-0.2, 0) is 0 Å². The second kappa shape index (κ2) is 5.46. The van der Waals surface area contributed by atoms with Gasteiger partial charge in [0.25, 0.3) is 0 Å². The topological polar surface area (TPSA) is 63.1 Å². The molecule has 0 aliphatic rings. The van der Waals surface area contributed by atoms with E-state index in [1.165, 1.54) is 0 Å². The van der Waals surface area contributed by atoms with Gasteiger partial charge in [-0.2, -0.15) is 0 Å². The summed E-state index contributed by atoms with van der Waals surface area (Å²) in [5, 5.41) is 11.8. The van der Waals surface area contributed by atoms with Crippen LogP contribution in [0.3, 0.4) is 0 Å². The minimum atomic E-state index is -0.925. The summed E-state index contributed by atoms with van der Waals surface area (Å²) in [6.45, 7) is 2.03. The Morgan fingerprint density at radius 1 is 1.19 bits per heavy atom. The van der Waals surface area contributed by atoms with Crippen molar-refractivity contribution in [2.45, 2.75) is 6.92 Å². The standard InChI is InChI=1S/C16H12N2O2S/c1-10-6-7-17-8-13(10)15-18-14(9-21-15)11-2-4-12(5-3-11)16(19)20/h2-9H,1H3,(H,19,20). The highest BCUT2D eigenvalue weighted by Gasteiger charge is 2.09. The molecule has 0 fully saturated rings. The zero-order valence-corrected chi connectivity index (χ0v) is 12.1. The molecule has 3 aromatic rings. The number of thiazole rings is 1. The van der Waals surface area contributed by atoms with Gasteiger partial charge in [-0.3, -0.25) is 4.98 Å². The van der Waals surface area contributed by atoms with E-state index < -0.39 is 5.97 Å². The Labute approximate surface area is 125 Å². The fourth-order valence-corrected chi connectivity index (χ4v) is 2.91. The molecule has 0 radical (unpaired) electrons. The van der Waals surface area contributed by atoms with Gasteiger partial charge in [-0.15, -0.1) is 11.3 Å². The number of carbonyl (C=O) groups is 1. The van der Waals surface area contributed by atoms with Crippen molar-refractivity contribution in [2.24, 2.45) is 0 Å². The van der Waals surface area contributed by atoms with Crippen LogP contribution in [0.2, 0.25) is 0 Å². The van der Waals surface area contributed by atoms with Gasteiger partial charge in [0.1, 0.15) is 5.01 Å². The summed E-state index contributed by atoms with van der Waals surface area (Å²) in [5.74, 6) is -0.925. The number of nitrogens with zero attached hydrogens (tertiary/aromatic N) is 2. The number of hydrogen-bond acceptors (Lipinski definition) is 4. The van der Waals surface area contributed by atoms with Crippen LogP contribution < -0.4 is 0 Å². The summed E-state index contributed by atoms with van der Waals surface area (Å²) < 4.78 is 0. The second-order valence-electron chi connectivity index (χ2n) is 4.61. The lowest BCUT2D eigenvalue weighted by Gasteiger charge is -2.00. The summed E-state index contributed by atoms with van der Waals surface area (Å²) in [6, 6.07) is 8.69. The highest BCUT2D eigenvalue weighted by molar-refractivity contribution is 7.13. The van der Waals surface area contributed by atoms with Crippen LogP contribution >= 0.6 is 11.3 Å². The molecule has 0 saturated heterocycles. The number of hydrogen-bond donors (Lipinski definition) is 1. The first-order valence-electron chi connectivity index (χ1n) is 6.35. The van der Waals surface area contributed by atoms with Crippen molar-refractivity contribution >= 4 is 17.3 Å². The third-order valence-electron chi connectivity index (χ3n) is 3.20. The highest BCUT2D eigenvalue weighted by Crippen LogP contribution is 2.30. The molecule has 1 aromatic carbocycles. The lowest BCUT2D eigenvalue weighted by molar-refractivity contribution is 0.0697. The molecule has 1 N–H and O–H groups in total. The SMILES string of the molecule is Cc1ccncc1-c1nc(-c2ccc(C(=O)O)cc2)cs1. The molecule has 0 spiro atoms. The maximum atomic E-state index is 10.9. The fourth-order valence-electron chi connectivity index (χ4n) is 2.00. The van der Waals surface area contributed by atoms with Gasteiger partial charge in [-0.25, -0.2) is 9.78 Å². The van der Waals surface area contributed by atoms with Crippen LogP contribution in [0.1, 0.15) is 15.9 Å². The number of carboxylic acid groups (broad SMARTS) is 1. The van der Waals surface area contributed by atoms with Crippen molar-refractivity contribution in [1.82, 2.24) is 9.97 Å². The molecule has 0 aliphatic heterocycles. The highest BCUT2D eigenvalue weighted by atomic mass is 32.1. The zero-order chi connectivity index (χ0) is 14.8. The molecule has 2 heterocycles. The Balaban J connectivity index is 1.95. The van der Waals surface area contributed by atoms with Crippen LogP contribution in [0.5, 0.6) is 0 Å². The van der Waals surface area contributed by atoms with Crippen molar-refractivity contribution < 1.29 is 9.90 Å². The predicted octanol–water partition coefficient (Wildman–Crippen LogP) is 3.88. The fraction of sp³-hybridized carbons (Fsp3) is 0.0625. The lowest BCUT2D eigenvalue weighted by atomic mass is 10.1. The summed E-state index contributed by atoms with van der Waals surface area (Å²) in [7, 11) is 0. The van der Waals surface area contributed by atoms with Crippen LogP contribution in [0.4, 0.5) is 0 Å². The molecule has 4 nitrogen and oxygen atoms in total. The first kappa shape index (κ1) is 13.5. The number of aromatic carboxylic acids is 1. The first-order valence-corrected chi connectivity index (χ1v) is 7.23. The van der Waals surface area contributed by atoms with Gasteiger partial charge in [-0.05, 0) is 30.7 Å². The summed E-state index contributed by atoms with van der Waals surface area (Å²) in [4.78, 5) is 19.6. The van der Waals surface area contributed by atoms with Crippen molar-refractivity contribution in [3.05, 3.63) is 59.2 Å².